The summed E-state index contributed by atoms with van der Waals surface area (Å²) in [6.07, 6.45) is 0. The summed E-state index contributed by atoms with van der Waals surface area (Å²) < 4.78 is 15.8. The van der Waals surface area contributed by atoms with Gasteiger partial charge in [0.25, 0.3) is 0 Å². The van der Waals surface area contributed by atoms with E-state index < -0.39 is 0 Å². The number of hydrogen-bond donors (Lipinski definition) is 0. The van der Waals surface area contributed by atoms with E-state index in [4.69, 9.17) is 14.2 Å². The van der Waals surface area contributed by atoms with E-state index in [1.807, 2.05) is 6.92 Å². The molecule has 0 atom stereocenters. The number of benzene rings is 1. The van der Waals surface area contributed by atoms with Crippen LogP contribution in [0.4, 0.5) is 0 Å². The van der Waals surface area contributed by atoms with Crippen molar-refractivity contribution in [3.63, 3.8) is 0 Å². The smallest absolute Gasteiger partial charge is 0.188 e. The highest BCUT2D eigenvalue weighted by atomic mass is 16.6. The van der Waals surface area contributed by atoms with Crippen LogP contribution in [0.1, 0.15) is 17.3 Å². The Balaban J connectivity index is 2.13. The van der Waals surface area contributed by atoms with Gasteiger partial charge in [0.2, 0.25) is 0 Å². The SMILES string of the molecule is CCOCC(=O)c1ccc2c(c1)OCCO2. The van der Waals surface area contributed by atoms with Gasteiger partial charge in [-0.15, -0.1) is 0 Å². The molecule has 0 spiro atoms. The fourth-order valence-electron chi connectivity index (χ4n) is 1.49. The summed E-state index contributed by atoms with van der Waals surface area (Å²) in [5.74, 6) is 1.28. The van der Waals surface area contributed by atoms with Crippen LogP contribution in [0.15, 0.2) is 18.2 Å². The molecule has 0 amide bonds. The highest BCUT2D eigenvalue weighted by molar-refractivity contribution is 5.97. The van der Waals surface area contributed by atoms with E-state index in [2.05, 4.69) is 0 Å². The zero-order valence-corrected chi connectivity index (χ0v) is 9.19. The van der Waals surface area contributed by atoms with Crippen LogP contribution in [0, 0.1) is 0 Å². The molecule has 0 aromatic heterocycles. The minimum absolute atomic E-state index is 0.0428. The van der Waals surface area contributed by atoms with Gasteiger partial charge >= 0.3 is 0 Å². The van der Waals surface area contributed by atoms with Crippen LogP contribution in [0.2, 0.25) is 0 Å². The predicted molar refractivity (Wildman–Crippen MR) is 58.3 cm³/mol. The molecule has 0 fully saturated rings. The average molecular weight is 222 g/mol. The molecular weight excluding hydrogens is 208 g/mol. The topological polar surface area (TPSA) is 44.8 Å². The van der Waals surface area contributed by atoms with E-state index >= 15 is 0 Å². The third kappa shape index (κ3) is 2.33. The molecule has 4 nitrogen and oxygen atoms in total. The van der Waals surface area contributed by atoms with Crippen LogP contribution in [0.5, 0.6) is 11.5 Å². The second-order valence-corrected chi connectivity index (χ2v) is 3.42. The molecular formula is C12H14O4. The molecule has 1 aliphatic rings. The third-order valence-electron chi connectivity index (χ3n) is 2.30. The van der Waals surface area contributed by atoms with Gasteiger partial charge in [0.05, 0.1) is 0 Å². The minimum atomic E-state index is -0.0428. The molecule has 2 rings (SSSR count). The Morgan fingerprint density at radius 1 is 1.31 bits per heavy atom. The molecule has 0 N–H and O–H groups in total. The van der Waals surface area contributed by atoms with Gasteiger partial charge in [-0.1, -0.05) is 0 Å². The van der Waals surface area contributed by atoms with Gasteiger partial charge < -0.3 is 14.2 Å². The van der Waals surface area contributed by atoms with Gasteiger partial charge in [-0.3, -0.25) is 4.79 Å². The fraction of sp³-hybridized carbons (Fsp3) is 0.417. The van der Waals surface area contributed by atoms with Gasteiger partial charge in [0.1, 0.15) is 19.8 Å². The lowest BCUT2D eigenvalue weighted by molar-refractivity contribution is 0.0782. The Morgan fingerprint density at radius 2 is 2.06 bits per heavy atom. The molecule has 0 saturated carbocycles. The normalized spacial score (nSPS) is 13.6. The molecule has 0 radical (unpaired) electrons. The fourth-order valence-corrected chi connectivity index (χ4v) is 1.49. The van der Waals surface area contributed by atoms with E-state index in [9.17, 15) is 4.79 Å². The monoisotopic (exact) mass is 222 g/mol. The quantitative estimate of drug-likeness (QED) is 0.727. The van der Waals surface area contributed by atoms with E-state index in [0.717, 1.165) is 0 Å². The Morgan fingerprint density at radius 3 is 2.81 bits per heavy atom. The highest BCUT2D eigenvalue weighted by Crippen LogP contribution is 2.30. The summed E-state index contributed by atoms with van der Waals surface area (Å²) in [7, 11) is 0. The van der Waals surface area contributed by atoms with Gasteiger partial charge in [-0.05, 0) is 25.1 Å². The molecule has 1 aromatic rings. The van der Waals surface area contributed by atoms with Crippen molar-refractivity contribution in [2.24, 2.45) is 0 Å². The zero-order valence-electron chi connectivity index (χ0n) is 9.19. The van der Waals surface area contributed by atoms with E-state index in [1.165, 1.54) is 0 Å². The first-order valence-electron chi connectivity index (χ1n) is 5.32. The third-order valence-corrected chi connectivity index (χ3v) is 2.30. The summed E-state index contributed by atoms with van der Waals surface area (Å²) in [4.78, 5) is 11.7. The van der Waals surface area contributed by atoms with Crippen LogP contribution >= 0.6 is 0 Å². The average Bonchev–Trinajstić information content (AvgIpc) is 2.35. The molecule has 4 heteroatoms. The molecule has 0 unspecified atom stereocenters. The van der Waals surface area contributed by atoms with Crippen LogP contribution in [0.25, 0.3) is 0 Å². The number of carbonyl (C=O) groups is 1. The number of ketones is 1. The van der Waals surface area contributed by atoms with Crippen molar-refractivity contribution < 1.29 is 19.0 Å². The molecule has 1 aromatic carbocycles. The van der Waals surface area contributed by atoms with Crippen molar-refractivity contribution in [2.75, 3.05) is 26.4 Å². The number of Topliss-reactive ketones (excluding diaryl/α,β-unsaturated/α-hetero) is 1. The van der Waals surface area contributed by atoms with Gasteiger partial charge in [0.15, 0.2) is 17.3 Å². The second-order valence-electron chi connectivity index (χ2n) is 3.42. The Bertz CT molecular complexity index is 387. The first kappa shape index (κ1) is 11.0. The Labute approximate surface area is 94.1 Å². The number of rotatable bonds is 4. The molecule has 0 saturated heterocycles. The maximum Gasteiger partial charge on any atom is 0.188 e. The maximum atomic E-state index is 11.7. The standard InChI is InChI=1S/C12H14O4/c1-2-14-8-10(13)9-3-4-11-12(7-9)16-6-5-15-11/h3-4,7H,2,5-6,8H2,1H3. The minimum Gasteiger partial charge on any atom is -0.486 e. The van der Waals surface area contributed by atoms with Crippen LogP contribution < -0.4 is 9.47 Å². The van der Waals surface area contributed by atoms with Crippen molar-refractivity contribution >= 4 is 5.78 Å². The molecule has 1 heterocycles. The van der Waals surface area contributed by atoms with Crippen LogP contribution in [0.3, 0.4) is 0 Å². The van der Waals surface area contributed by atoms with Crippen LogP contribution in [-0.2, 0) is 4.74 Å². The lowest BCUT2D eigenvalue weighted by atomic mass is 10.1. The first-order valence-corrected chi connectivity index (χ1v) is 5.32. The summed E-state index contributed by atoms with van der Waals surface area (Å²) in [5.41, 5.74) is 0.595. The van der Waals surface area contributed by atoms with Crippen molar-refractivity contribution in [3.8, 4) is 11.5 Å². The number of fused-ring (bicyclic) bond motifs is 1. The number of hydrogen-bond acceptors (Lipinski definition) is 4. The maximum absolute atomic E-state index is 11.7. The Kier molecular flexibility index (Phi) is 3.41. The van der Waals surface area contributed by atoms with E-state index in [-0.39, 0.29) is 12.4 Å². The predicted octanol–water partition coefficient (Wildman–Crippen LogP) is 1.68. The molecule has 0 bridgehead atoms. The summed E-state index contributed by atoms with van der Waals surface area (Å²) in [5, 5.41) is 0. The second kappa shape index (κ2) is 4.99. The summed E-state index contributed by atoms with van der Waals surface area (Å²) >= 11 is 0. The largest absolute Gasteiger partial charge is 0.486 e. The van der Waals surface area contributed by atoms with Gasteiger partial charge in [-0.25, -0.2) is 0 Å². The lowest BCUT2D eigenvalue weighted by Gasteiger charge is -2.18. The molecule has 1 aliphatic heterocycles. The van der Waals surface area contributed by atoms with Crippen molar-refractivity contribution in [1.29, 1.82) is 0 Å². The van der Waals surface area contributed by atoms with E-state index in [0.29, 0.717) is 36.9 Å². The zero-order chi connectivity index (χ0) is 11.4. The lowest BCUT2D eigenvalue weighted by Crippen LogP contribution is -2.16. The summed E-state index contributed by atoms with van der Waals surface area (Å²) in [6.45, 7) is 3.58. The number of ether oxygens (including phenoxy) is 3. The molecule has 86 valence electrons. The summed E-state index contributed by atoms with van der Waals surface area (Å²) in [6, 6.07) is 5.19. The molecule has 0 aliphatic carbocycles. The van der Waals surface area contributed by atoms with Crippen molar-refractivity contribution in [3.05, 3.63) is 23.8 Å². The van der Waals surface area contributed by atoms with Gasteiger partial charge in [-0.2, -0.15) is 0 Å². The van der Waals surface area contributed by atoms with Crippen molar-refractivity contribution in [1.82, 2.24) is 0 Å². The first-order chi connectivity index (χ1) is 7.81. The highest BCUT2D eigenvalue weighted by Gasteiger charge is 2.14. The van der Waals surface area contributed by atoms with Crippen molar-refractivity contribution in [2.45, 2.75) is 6.92 Å². The van der Waals surface area contributed by atoms with Gasteiger partial charge in [0, 0.05) is 12.2 Å². The van der Waals surface area contributed by atoms with E-state index in [1.54, 1.807) is 18.2 Å². The number of carbonyl (C=O) groups excluding carboxylic acids is 1. The van der Waals surface area contributed by atoms with Crippen LogP contribution in [-0.4, -0.2) is 32.2 Å². The molecule has 16 heavy (non-hydrogen) atoms. The Hall–Kier alpha value is -1.55.